The molecule has 2 heterocycles. The fourth-order valence-electron chi connectivity index (χ4n) is 3.87. The number of hydrogen-bond acceptors (Lipinski definition) is 6. The molecule has 2 aliphatic rings. The van der Waals surface area contributed by atoms with Crippen molar-refractivity contribution in [2.45, 2.75) is 59.0 Å². The molecule has 1 aromatic rings. The molecule has 8 heteroatoms. The minimum atomic E-state index is -0.236. The third kappa shape index (κ3) is 4.90. The summed E-state index contributed by atoms with van der Waals surface area (Å²) in [6.45, 7) is 11.6. The summed E-state index contributed by atoms with van der Waals surface area (Å²) < 4.78 is 4.40. The standard InChI is InChI=1S/C19H34N6OS/c1-4-16-22-18(27-23-16)25-12-10-24(11-13-25)17(20-5-2)21-14-19(3)9-7-6-8-15(19)26/h15,26H,4-14H2,1-3H3,(H,20,21). The molecule has 1 aliphatic heterocycles. The van der Waals surface area contributed by atoms with Crippen LogP contribution in [0.2, 0.25) is 0 Å². The number of guanidine groups is 1. The number of piperazine rings is 1. The van der Waals surface area contributed by atoms with Gasteiger partial charge in [-0.05, 0) is 19.8 Å². The highest BCUT2D eigenvalue weighted by Gasteiger charge is 2.35. The zero-order valence-corrected chi connectivity index (χ0v) is 17.8. The molecule has 0 amide bonds. The van der Waals surface area contributed by atoms with Crippen LogP contribution in [0, 0.1) is 5.41 Å². The number of nitrogens with one attached hydrogen (secondary N) is 1. The normalized spacial score (nSPS) is 27.1. The number of rotatable bonds is 5. The molecule has 27 heavy (non-hydrogen) atoms. The van der Waals surface area contributed by atoms with Crippen molar-refractivity contribution in [1.29, 1.82) is 0 Å². The van der Waals surface area contributed by atoms with Crippen LogP contribution < -0.4 is 10.2 Å². The van der Waals surface area contributed by atoms with Crippen molar-refractivity contribution in [2.75, 3.05) is 44.2 Å². The van der Waals surface area contributed by atoms with E-state index in [0.717, 1.165) is 75.3 Å². The van der Waals surface area contributed by atoms with Gasteiger partial charge in [0.25, 0.3) is 0 Å². The predicted molar refractivity (Wildman–Crippen MR) is 112 cm³/mol. The van der Waals surface area contributed by atoms with Crippen molar-refractivity contribution in [3.8, 4) is 0 Å². The van der Waals surface area contributed by atoms with E-state index < -0.39 is 0 Å². The molecule has 1 saturated carbocycles. The quantitative estimate of drug-likeness (QED) is 0.589. The van der Waals surface area contributed by atoms with Gasteiger partial charge >= 0.3 is 0 Å². The number of aromatic nitrogens is 2. The Morgan fingerprint density at radius 3 is 2.70 bits per heavy atom. The second-order valence-corrected chi connectivity index (χ2v) is 8.64. The van der Waals surface area contributed by atoms with Crippen molar-refractivity contribution in [3.05, 3.63) is 5.82 Å². The number of hydrogen-bond donors (Lipinski definition) is 2. The molecule has 2 N–H and O–H groups in total. The average Bonchev–Trinajstić information content (AvgIpc) is 3.17. The molecule has 7 nitrogen and oxygen atoms in total. The van der Waals surface area contributed by atoms with Gasteiger partial charge in [-0.15, -0.1) is 0 Å². The van der Waals surface area contributed by atoms with E-state index in [1.807, 2.05) is 0 Å². The Labute approximate surface area is 167 Å². The van der Waals surface area contributed by atoms with Crippen LogP contribution in [0.15, 0.2) is 4.99 Å². The maximum atomic E-state index is 10.4. The molecule has 2 atom stereocenters. The summed E-state index contributed by atoms with van der Waals surface area (Å²) in [6, 6.07) is 0. The van der Waals surface area contributed by atoms with E-state index in [2.05, 4.69) is 45.2 Å². The highest BCUT2D eigenvalue weighted by molar-refractivity contribution is 7.09. The van der Waals surface area contributed by atoms with Crippen LogP contribution >= 0.6 is 11.5 Å². The Bertz CT molecular complexity index is 627. The zero-order valence-electron chi connectivity index (χ0n) is 16.9. The first kappa shape index (κ1) is 20.3. The van der Waals surface area contributed by atoms with Crippen molar-refractivity contribution in [3.63, 3.8) is 0 Å². The van der Waals surface area contributed by atoms with E-state index in [1.54, 1.807) is 0 Å². The number of aliphatic hydroxyl groups excluding tert-OH is 1. The van der Waals surface area contributed by atoms with E-state index in [4.69, 9.17) is 4.99 Å². The summed E-state index contributed by atoms with van der Waals surface area (Å²) in [5.41, 5.74) is -0.0934. The van der Waals surface area contributed by atoms with Crippen molar-refractivity contribution >= 4 is 22.6 Å². The summed E-state index contributed by atoms with van der Waals surface area (Å²) in [5, 5.41) is 14.9. The summed E-state index contributed by atoms with van der Waals surface area (Å²) >= 11 is 1.50. The van der Waals surface area contributed by atoms with Gasteiger partial charge in [0.15, 0.2) is 5.96 Å². The lowest BCUT2D eigenvalue weighted by molar-refractivity contribution is 0.00703. The second-order valence-electron chi connectivity index (χ2n) is 7.91. The summed E-state index contributed by atoms with van der Waals surface area (Å²) in [6.07, 6.45) is 4.94. The number of nitrogens with zero attached hydrogens (tertiary/aromatic N) is 5. The largest absolute Gasteiger partial charge is 0.392 e. The maximum Gasteiger partial charge on any atom is 0.205 e. The summed E-state index contributed by atoms with van der Waals surface area (Å²) in [4.78, 5) is 14.2. The highest BCUT2D eigenvalue weighted by Crippen LogP contribution is 2.36. The third-order valence-corrected chi connectivity index (χ3v) is 6.64. The maximum absolute atomic E-state index is 10.4. The second kappa shape index (κ2) is 9.19. The number of aryl methyl sites for hydroxylation is 1. The Kier molecular flexibility index (Phi) is 6.92. The van der Waals surface area contributed by atoms with E-state index in [-0.39, 0.29) is 11.5 Å². The van der Waals surface area contributed by atoms with Crippen LogP contribution in [0.4, 0.5) is 5.13 Å². The van der Waals surface area contributed by atoms with E-state index >= 15 is 0 Å². The predicted octanol–water partition coefficient (Wildman–Crippen LogP) is 2.13. The van der Waals surface area contributed by atoms with Crippen LogP contribution in [0.3, 0.4) is 0 Å². The first-order valence-electron chi connectivity index (χ1n) is 10.3. The minimum absolute atomic E-state index is 0.0934. The van der Waals surface area contributed by atoms with Gasteiger partial charge in [-0.2, -0.15) is 4.37 Å². The van der Waals surface area contributed by atoms with Crippen LogP contribution in [-0.2, 0) is 6.42 Å². The van der Waals surface area contributed by atoms with Gasteiger partial charge in [-0.1, -0.05) is 26.7 Å². The van der Waals surface area contributed by atoms with Gasteiger partial charge in [0, 0.05) is 56.1 Å². The first-order valence-corrected chi connectivity index (χ1v) is 11.1. The fourth-order valence-corrected chi connectivity index (χ4v) is 4.67. The van der Waals surface area contributed by atoms with Gasteiger partial charge in [0.1, 0.15) is 5.82 Å². The molecule has 0 spiro atoms. The SMILES string of the molecule is CCNC(=NCC1(C)CCCCC1O)N1CCN(c2nc(CC)ns2)CC1. The van der Waals surface area contributed by atoms with Crippen molar-refractivity contribution < 1.29 is 5.11 Å². The Morgan fingerprint density at radius 1 is 1.30 bits per heavy atom. The molecular formula is C19H34N6OS. The number of aliphatic imine (C=N–C) groups is 1. The molecule has 1 saturated heterocycles. The van der Waals surface area contributed by atoms with Gasteiger partial charge < -0.3 is 20.2 Å². The van der Waals surface area contributed by atoms with Gasteiger partial charge in [-0.25, -0.2) is 4.98 Å². The molecule has 0 radical (unpaired) electrons. The third-order valence-electron chi connectivity index (χ3n) is 5.83. The summed E-state index contributed by atoms with van der Waals surface area (Å²) in [7, 11) is 0. The molecule has 2 fully saturated rings. The zero-order chi connectivity index (χ0) is 19.3. The van der Waals surface area contributed by atoms with Crippen LogP contribution in [-0.4, -0.2) is 70.7 Å². The van der Waals surface area contributed by atoms with Crippen molar-refractivity contribution in [1.82, 2.24) is 19.6 Å². The van der Waals surface area contributed by atoms with Gasteiger partial charge in [0.05, 0.1) is 12.6 Å². The van der Waals surface area contributed by atoms with Gasteiger partial charge in [-0.3, -0.25) is 4.99 Å². The van der Waals surface area contributed by atoms with Crippen LogP contribution in [0.1, 0.15) is 52.3 Å². The average molecular weight is 395 g/mol. The Morgan fingerprint density at radius 2 is 2.07 bits per heavy atom. The Hall–Kier alpha value is -1.41. The molecule has 1 aliphatic carbocycles. The highest BCUT2D eigenvalue weighted by atomic mass is 32.1. The lowest BCUT2D eigenvalue weighted by Crippen LogP contribution is -2.53. The molecule has 3 rings (SSSR count). The van der Waals surface area contributed by atoms with E-state index in [0.29, 0.717) is 6.54 Å². The fraction of sp³-hybridized carbons (Fsp3) is 0.842. The molecule has 0 bridgehead atoms. The molecule has 152 valence electrons. The topological polar surface area (TPSA) is 76.9 Å². The number of aliphatic hydroxyl groups is 1. The molecule has 2 unspecified atom stereocenters. The summed E-state index contributed by atoms with van der Waals surface area (Å²) in [5.74, 6) is 1.91. The van der Waals surface area contributed by atoms with E-state index in [1.165, 1.54) is 18.0 Å². The molecule has 1 aromatic heterocycles. The Balaban J connectivity index is 1.60. The lowest BCUT2D eigenvalue weighted by atomic mass is 9.73. The molecule has 0 aromatic carbocycles. The first-order chi connectivity index (χ1) is 13.1. The van der Waals surface area contributed by atoms with Crippen LogP contribution in [0.5, 0.6) is 0 Å². The minimum Gasteiger partial charge on any atom is -0.392 e. The molecular weight excluding hydrogens is 360 g/mol. The number of anilines is 1. The van der Waals surface area contributed by atoms with Gasteiger partial charge in [0.2, 0.25) is 5.13 Å². The smallest absolute Gasteiger partial charge is 0.205 e. The van der Waals surface area contributed by atoms with E-state index in [9.17, 15) is 5.11 Å². The lowest BCUT2D eigenvalue weighted by Gasteiger charge is -2.39. The van der Waals surface area contributed by atoms with Crippen LogP contribution in [0.25, 0.3) is 0 Å². The van der Waals surface area contributed by atoms with Crippen molar-refractivity contribution in [2.24, 2.45) is 10.4 Å². The monoisotopic (exact) mass is 394 g/mol.